The molecule has 4 nitrogen and oxygen atoms in total. The van der Waals surface area contributed by atoms with Crippen molar-refractivity contribution in [3.8, 4) is 5.69 Å². The lowest BCUT2D eigenvalue weighted by Crippen LogP contribution is -2.16. The van der Waals surface area contributed by atoms with Crippen molar-refractivity contribution in [2.24, 2.45) is 0 Å². The highest BCUT2D eigenvalue weighted by Crippen LogP contribution is 2.23. The minimum atomic E-state index is -0.177. The molecule has 2 aromatic carbocycles. The smallest absolute Gasteiger partial charge is 0.274 e. The van der Waals surface area contributed by atoms with Gasteiger partial charge in [0.1, 0.15) is 5.69 Å². The van der Waals surface area contributed by atoms with Gasteiger partial charge in [-0.25, -0.2) is 4.98 Å². The highest BCUT2D eigenvalue weighted by molar-refractivity contribution is 7.98. The van der Waals surface area contributed by atoms with Gasteiger partial charge in [-0.1, -0.05) is 30.0 Å². The van der Waals surface area contributed by atoms with E-state index in [-0.39, 0.29) is 5.91 Å². The molecule has 0 unspecified atom stereocenters. The van der Waals surface area contributed by atoms with E-state index in [2.05, 4.69) is 10.3 Å². The molecule has 0 aliphatic carbocycles. The fourth-order valence-electron chi connectivity index (χ4n) is 2.34. The molecule has 0 radical (unpaired) electrons. The number of benzene rings is 2. The van der Waals surface area contributed by atoms with Gasteiger partial charge in [-0.15, -0.1) is 11.8 Å². The molecule has 0 spiro atoms. The van der Waals surface area contributed by atoms with Gasteiger partial charge in [-0.3, -0.25) is 9.36 Å². The second-order valence-corrected chi connectivity index (χ2v) is 6.64. The summed E-state index contributed by atoms with van der Waals surface area (Å²) in [6.45, 7) is 0. The first-order valence-electron chi connectivity index (χ1n) is 7.35. The van der Waals surface area contributed by atoms with Gasteiger partial charge in [0.15, 0.2) is 5.16 Å². The van der Waals surface area contributed by atoms with Crippen molar-refractivity contribution in [3.63, 3.8) is 0 Å². The molecule has 0 aliphatic rings. The van der Waals surface area contributed by atoms with Crippen molar-refractivity contribution < 1.29 is 4.79 Å². The Kier molecular flexibility index (Phi) is 5.27. The Morgan fingerprint density at radius 3 is 2.33 bits per heavy atom. The molecule has 0 saturated heterocycles. The van der Waals surface area contributed by atoms with Crippen molar-refractivity contribution in [2.45, 2.75) is 10.1 Å². The van der Waals surface area contributed by atoms with Gasteiger partial charge in [0, 0.05) is 16.3 Å². The summed E-state index contributed by atoms with van der Waals surface area (Å²) in [6, 6.07) is 17.6. The molecule has 1 amide bonds. The third-order valence-electron chi connectivity index (χ3n) is 3.51. The van der Waals surface area contributed by atoms with E-state index in [1.807, 2.05) is 71.7 Å². The third kappa shape index (κ3) is 3.49. The first-order chi connectivity index (χ1) is 11.7. The fourth-order valence-corrected chi connectivity index (χ4v) is 3.29. The van der Waals surface area contributed by atoms with E-state index in [0.29, 0.717) is 5.69 Å². The number of amides is 1. The predicted molar refractivity (Wildman–Crippen MR) is 102 cm³/mol. The minimum Gasteiger partial charge on any atom is -0.321 e. The van der Waals surface area contributed by atoms with Crippen LogP contribution in [-0.2, 0) is 0 Å². The Bertz CT molecular complexity index is 829. The Balaban J connectivity index is 1.91. The van der Waals surface area contributed by atoms with Gasteiger partial charge < -0.3 is 5.32 Å². The standard InChI is InChI=1S/C18H17N3OS2/c1-23-15-10-8-13(9-11-15)20-17(22)16-12-19-18(24-2)21(16)14-6-4-3-5-7-14/h3-12H,1-2H3,(H,20,22). The molecule has 0 saturated carbocycles. The van der Waals surface area contributed by atoms with Crippen LogP contribution in [0.5, 0.6) is 0 Å². The van der Waals surface area contributed by atoms with Gasteiger partial charge in [0.05, 0.1) is 6.20 Å². The second-order valence-electron chi connectivity index (χ2n) is 4.98. The number of thioether (sulfide) groups is 2. The van der Waals surface area contributed by atoms with Crippen molar-refractivity contribution in [2.75, 3.05) is 17.8 Å². The highest BCUT2D eigenvalue weighted by atomic mass is 32.2. The van der Waals surface area contributed by atoms with Gasteiger partial charge in [-0.05, 0) is 48.9 Å². The maximum atomic E-state index is 12.7. The van der Waals surface area contributed by atoms with Crippen LogP contribution in [0, 0.1) is 0 Å². The maximum absolute atomic E-state index is 12.7. The summed E-state index contributed by atoms with van der Waals surface area (Å²) < 4.78 is 1.87. The van der Waals surface area contributed by atoms with Crippen LogP contribution in [0.25, 0.3) is 5.69 Å². The summed E-state index contributed by atoms with van der Waals surface area (Å²) in [5.41, 5.74) is 2.20. The summed E-state index contributed by atoms with van der Waals surface area (Å²) in [5.74, 6) is -0.177. The summed E-state index contributed by atoms with van der Waals surface area (Å²) >= 11 is 3.18. The van der Waals surface area contributed by atoms with Crippen molar-refractivity contribution >= 4 is 35.1 Å². The zero-order valence-electron chi connectivity index (χ0n) is 13.4. The van der Waals surface area contributed by atoms with Gasteiger partial charge in [0.25, 0.3) is 5.91 Å². The lowest BCUT2D eigenvalue weighted by molar-refractivity contribution is 0.102. The van der Waals surface area contributed by atoms with Crippen molar-refractivity contribution in [1.82, 2.24) is 9.55 Å². The number of nitrogens with zero attached hydrogens (tertiary/aromatic N) is 2. The van der Waals surface area contributed by atoms with E-state index in [1.165, 1.54) is 11.8 Å². The van der Waals surface area contributed by atoms with E-state index in [9.17, 15) is 4.79 Å². The number of anilines is 1. The molecule has 0 aliphatic heterocycles. The molecular formula is C18H17N3OS2. The molecule has 3 rings (SSSR count). The largest absolute Gasteiger partial charge is 0.321 e. The zero-order chi connectivity index (χ0) is 16.9. The van der Waals surface area contributed by atoms with Crippen LogP contribution in [0.2, 0.25) is 0 Å². The fraction of sp³-hybridized carbons (Fsp3) is 0.111. The highest BCUT2D eigenvalue weighted by Gasteiger charge is 2.17. The summed E-state index contributed by atoms with van der Waals surface area (Å²) in [5, 5.41) is 3.72. The van der Waals surface area contributed by atoms with E-state index in [4.69, 9.17) is 0 Å². The van der Waals surface area contributed by atoms with Crippen molar-refractivity contribution in [3.05, 3.63) is 66.5 Å². The molecule has 1 aromatic heterocycles. The van der Waals surface area contributed by atoms with Crippen LogP contribution in [0.1, 0.15) is 10.5 Å². The molecule has 122 valence electrons. The normalized spacial score (nSPS) is 10.6. The van der Waals surface area contributed by atoms with Crippen LogP contribution in [0.4, 0.5) is 5.69 Å². The van der Waals surface area contributed by atoms with Crippen LogP contribution < -0.4 is 5.32 Å². The average molecular weight is 355 g/mol. The number of para-hydroxylation sites is 1. The molecule has 0 bridgehead atoms. The Morgan fingerprint density at radius 1 is 1.00 bits per heavy atom. The molecule has 3 aromatic rings. The SMILES string of the molecule is CSc1ccc(NC(=O)c2cnc(SC)n2-c2ccccc2)cc1. The summed E-state index contributed by atoms with van der Waals surface area (Å²) in [7, 11) is 0. The van der Waals surface area contributed by atoms with Gasteiger partial charge >= 0.3 is 0 Å². The van der Waals surface area contributed by atoms with E-state index >= 15 is 0 Å². The minimum absolute atomic E-state index is 0.177. The number of carbonyl (C=O) groups excluding carboxylic acids is 1. The Labute approximate surface area is 149 Å². The first kappa shape index (κ1) is 16.7. The molecule has 0 atom stereocenters. The number of aromatic nitrogens is 2. The van der Waals surface area contributed by atoms with Crippen LogP contribution in [0.15, 0.2) is 70.8 Å². The number of carbonyl (C=O) groups is 1. The van der Waals surface area contributed by atoms with E-state index < -0.39 is 0 Å². The molecule has 0 fully saturated rings. The number of imidazole rings is 1. The average Bonchev–Trinajstić information content (AvgIpc) is 3.07. The topological polar surface area (TPSA) is 46.9 Å². The Hall–Kier alpha value is -2.18. The quantitative estimate of drug-likeness (QED) is 0.681. The van der Waals surface area contributed by atoms with Gasteiger partial charge in [0.2, 0.25) is 0 Å². The van der Waals surface area contributed by atoms with Crippen LogP contribution in [0.3, 0.4) is 0 Å². The molecule has 6 heteroatoms. The number of nitrogens with one attached hydrogen (secondary N) is 1. The zero-order valence-corrected chi connectivity index (χ0v) is 15.0. The lowest BCUT2D eigenvalue weighted by atomic mass is 10.3. The third-order valence-corrected chi connectivity index (χ3v) is 4.90. The number of hydrogen-bond donors (Lipinski definition) is 1. The maximum Gasteiger partial charge on any atom is 0.274 e. The molecular weight excluding hydrogens is 338 g/mol. The molecule has 1 N–H and O–H groups in total. The van der Waals surface area contributed by atoms with Gasteiger partial charge in [-0.2, -0.15) is 0 Å². The monoisotopic (exact) mass is 355 g/mol. The second kappa shape index (κ2) is 7.59. The lowest BCUT2D eigenvalue weighted by Gasteiger charge is -2.11. The number of rotatable bonds is 5. The van der Waals surface area contributed by atoms with Crippen LogP contribution >= 0.6 is 23.5 Å². The summed E-state index contributed by atoms with van der Waals surface area (Å²) in [6.07, 6.45) is 5.59. The first-order valence-corrected chi connectivity index (χ1v) is 9.80. The summed E-state index contributed by atoms with van der Waals surface area (Å²) in [4.78, 5) is 18.2. The Morgan fingerprint density at radius 2 is 1.71 bits per heavy atom. The molecule has 1 heterocycles. The van der Waals surface area contributed by atoms with Crippen molar-refractivity contribution in [1.29, 1.82) is 0 Å². The van der Waals surface area contributed by atoms with E-state index in [1.54, 1.807) is 18.0 Å². The van der Waals surface area contributed by atoms with E-state index in [0.717, 1.165) is 21.4 Å². The van der Waals surface area contributed by atoms with Crippen LogP contribution in [-0.4, -0.2) is 28.0 Å². The molecule has 24 heavy (non-hydrogen) atoms. The number of hydrogen-bond acceptors (Lipinski definition) is 4. The predicted octanol–water partition coefficient (Wildman–Crippen LogP) is 4.57.